The molecule has 0 radical (unpaired) electrons. The molecule has 0 aliphatic heterocycles. The molecule has 11 heavy (non-hydrogen) atoms. The maximum Gasteiger partial charge on any atom is 0.145 e. The van der Waals surface area contributed by atoms with Crippen LogP contribution in [0.3, 0.4) is 0 Å². The summed E-state index contributed by atoms with van der Waals surface area (Å²) in [7, 11) is 0. The Balaban J connectivity index is 2.60. The first-order valence-corrected chi connectivity index (χ1v) is 3.97. The van der Waals surface area contributed by atoms with Crippen molar-refractivity contribution >= 4 is 12.6 Å². The maximum absolute atomic E-state index is 10.5. The van der Waals surface area contributed by atoms with E-state index in [4.69, 9.17) is 0 Å². The molecule has 0 amide bonds. The SMILES string of the molecule is O=CCC1CCCC=C1C=O. The molecule has 60 valence electrons. The van der Waals surface area contributed by atoms with Crippen LogP contribution in [0.5, 0.6) is 0 Å². The van der Waals surface area contributed by atoms with Crippen molar-refractivity contribution in [2.24, 2.45) is 5.92 Å². The van der Waals surface area contributed by atoms with Crippen LogP contribution in [0.2, 0.25) is 0 Å². The second kappa shape index (κ2) is 4.06. The Morgan fingerprint density at radius 2 is 2.36 bits per heavy atom. The van der Waals surface area contributed by atoms with Crippen LogP contribution in [-0.2, 0) is 9.59 Å². The molecule has 0 N–H and O–H groups in total. The van der Waals surface area contributed by atoms with Gasteiger partial charge in [-0.3, -0.25) is 4.79 Å². The van der Waals surface area contributed by atoms with E-state index >= 15 is 0 Å². The third kappa shape index (κ3) is 2.00. The quantitative estimate of drug-likeness (QED) is 0.574. The van der Waals surface area contributed by atoms with Crippen LogP contribution in [-0.4, -0.2) is 12.6 Å². The standard InChI is InChI=1S/C9H12O2/c10-6-5-8-3-1-2-4-9(8)7-11/h4,6-8H,1-3,5H2. The molecule has 1 aliphatic carbocycles. The van der Waals surface area contributed by atoms with E-state index in [1.54, 1.807) is 0 Å². The van der Waals surface area contributed by atoms with Gasteiger partial charge in [-0.2, -0.15) is 0 Å². The molecule has 0 aromatic rings. The molecule has 0 saturated heterocycles. The summed E-state index contributed by atoms with van der Waals surface area (Å²) in [6.45, 7) is 0. The van der Waals surface area contributed by atoms with E-state index in [1.807, 2.05) is 6.08 Å². The number of aldehydes is 2. The number of rotatable bonds is 3. The van der Waals surface area contributed by atoms with Crippen molar-refractivity contribution in [3.8, 4) is 0 Å². The van der Waals surface area contributed by atoms with Crippen molar-refractivity contribution in [1.29, 1.82) is 0 Å². The van der Waals surface area contributed by atoms with Crippen LogP contribution in [0, 0.1) is 5.92 Å². The molecule has 2 heteroatoms. The highest BCUT2D eigenvalue weighted by Crippen LogP contribution is 2.25. The van der Waals surface area contributed by atoms with Gasteiger partial charge >= 0.3 is 0 Å². The summed E-state index contributed by atoms with van der Waals surface area (Å²) >= 11 is 0. The number of carbonyl (C=O) groups is 2. The van der Waals surface area contributed by atoms with Gasteiger partial charge in [0.15, 0.2) is 0 Å². The van der Waals surface area contributed by atoms with Crippen molar-refractivity contribution in [2.45, 2.75) is 25.7 Å². The first-order chi connectivity index (χ1) is 5.38. The molecule has 1 rings (SSSR count). The summed E-state index contributed by atoms with van der Waals surface area (Å²) in [6.07, 6.45) is 7.32. The summed E-state index contributed by atoms with van der Waals surface area (Å²) in [4.78, 5) is 20.7. The average molecular weight is 152 g/mol. The Kier molecular flexibility index (Phi) is 3.02. The summed E-state index contributed by atoms with van der Waals surface area (Å²) in [5.74, 6) is 0.207. The Hall–Kier alpha value is -0.920. The zero-order valence-electron chi connectivity index (χ0n) is 6.45. The topological polar surface area (TPSA) is 34.1 Å². The normalized spacial score (nSPS) is 24.0. The van der Waals surface area contributed by atoms with E-state index in [0.717, 1.165) is 37.4 Å². The highest BCUT2D eigenvalue weighted by Gasteiger charge is 2.15. The van der Waals surface area contributed by atoms with E-state index < -0.39 is 0 Å². The maximum atomic E-state index is 10.5. The van der Waals surface area contributed by atoms with Crippen LogP contribution in [0.1, 0.15) is 25.7 Å². The lowest BCUT2D eigenvalue weighted by Gasteiger charge is -2.17. The minimum absolute atomic E-state index is 0.207. The molecular formula is C9H12O2. The van der Waals surface area contributed by atoms with Gasteiger partial charge in [-0.1, -0.05) is 6.08 Å². The molecule has 0 spiro atoms. The van der Waals surface area contributed by atoms with Crippen molar-refractivity contribution in [1.82, 2.24) is 0 Å². The molecule has 2 nitrogen and oxygen atoms in total. The number of carbonyl (C=O) groups excluding carboxylic acids is 2. The van der Waals surface area contributed by atoms with Crippen LogP contribution in [0.15, 0.2) is 11.6 Å². The van der Waals surface area contributed by atoms with Crippen molar-refractivity contribution in [3.63, 3.8) is 0 Å². The molecule has 0 heterocycles. The van der Waals surface area contributed by atoms with Crippen LogP contribution in [0.25, 0.3) is 0 Å². The van der Waals surface area contributed by atoms with Crippen LogP contribution < -0.4 is 0 Å². The van der Waals surface area contributed by atoms with Gasteiger partial charge in [-0.25, -0.2) is 0 Å². The highest BCUT2D eigenvalue weighted by atomic mass is 16.1. The minimum Gasteiger partial charge on any atom is -0.303 e. The third-order valence-corrected chi connectivity index (χ3v) is 2.12. The van der Waals surface area contributed by atoms with Gasteiger partial charge in [0, 0.05) is 6.42 Å². The van der Waals surface area contributed by atoms with Crippen LogP contribution >= 0.6 is 0 Å². The molecule has 1 unspecified atom stereocenters. The molecule has 0 saturated carbocycles. The third-order valence-electron chi connectivity index (χ3n) is 2.12. The Bertz CT molecular complexity index is 182. The molecule has 1 atom stereocenters. The molecule has 1 aliphatic rings. The monoisotopic (exact) mass is 152 g/mol. The second-order valence-corrected chi connectivity index (χ2v) is 2.85. The lowest BCUT2D eigenvalue weighted by Crippen LogP contribution is -2.09. The number of allylic oxidation sites excluding steroid dienone is 2. The van der Waals surface area contributed by atoms with Crippen molar-refractivity contribution in [2.75, 3.05) is 0 Å². The average Bonchev–Trinajstić information content (AvgIpc) is 2.06. The van der Waals surface area contributed by atoms with Gasteiger partial charge in [0.25, 0.3) is 0 Å². The van der Waals surface area contributed by atoms with Gasteiger partial charge in [0.1, 0.15) is 12.6 Å². The van der Waals surface area contributed by atoms with Gasteiger partial charge in [0.05, 0.1) is 0 Å². The summed E-state index contributed by atoms with van der Waals surface area (Å²) < 4.78 is 0. The molecular weight excluding hydrogens is 140 g/mol. The van der Waals surface area contributed by atoms with Gasteiger partial charge in [-0.05, 0) is 30.8 Å². The van der Waals surface area contributed by atoms with E-state index in [0.29, 0.717) is 6.42 Å². The Morgan fingerprint density at radius 1 is 1.55 bits per heavy atom. The lowest BCUT2D eigenvalue weighted by molar-refractivity contribution is -0.108. The van der Waals surface area contributed by atoms with Crippen LogP contribution in [0.4, 0.5) is 0 Å². The number of hydrogen-bond acceptors (Lipinski definition) is 2. The van der Waals surface area contributed by atoms with E-state index in [-0.39, 0.29) is 5.92 Å². The summed E-state index contributed by atoms with van der Waals surface area (Å²) in [5.41, 5.74) is 0.823. The molecule has 0 fully saturated rings. The largest absolute Gasteiger partial charge is 0.303 e. The van der Waals surface area contributed by atoms with Crippen molar-refractivity contribution < 1.29 is 9.59 Å². The van der Waals surface area contributed by atoms with E-state index in [1.165, 1.54) is 0 Å². The van der Waals surface area contributed by atoms with Crippen molar-refractivity contribution in [3.05, 3.63) is 11.6 Å². The fourth-order valence-electron chi connectivity index (χ4n) is 1.48. The highest BCUT2D eigenvalue weighted by molar-refractivity contribution is 5.75. The predicted molar refractivity (Wildman–Crippen MR) is 42.2 cm³/mol. The first kappa shape index (κ1) is 8.18. The van der Waals surface area contributed by atoms with Gasteiger partial charge in [0.2, 0.25) is 0 Å². The smallest absolute Gasteiger partial charge is 0.145 e. The summed E-state index contributed by atoms with van der Waals surface area (Å²) in [5, 5.41) is 0. The fourth-order valence-corrected chi connectivity index (χ4v) is 1.48. The Labute approximate surface area is 66.3 Å². The van der Waals surface area contributed by atoms with E-state index in [9.17, 15) is 9.59 Å². The molecule has 0 aromatic heterocycles. The first-order valence-electron chi connectivity index (χ1n) is 3.97. The minimum atomic E-state index is 0.207. The second-order valence-electron chi connectivity index (χ2n) is 2.85. The molecule has 0 aromatic carbocycles. The van der Waals surface area contributed by atoms with Gasteiger partial charge in [-0.15, -0.1) is 0 Å². The molecule has 0 bridgehead atoms. The fraction of sp³-hybridized carbons (Fsp3) is 0.556. The lowest BCUT2D eigenvalue weighted by atomic mass is 9.86. The number of hydrogen-bond donors (Lipinski definition) is 0. The van der Waals surface area contributed by atoms with Gasteiger partial charge < -0.3 is 4.79 Å². The zero-order valence-corrected chi connectivity index (χ0v) is 6.45. The Morgan fingerprint density at radius 3 is 3.00 bits per heavy atom. The predicted octanol–water partition coefficient (Wildman–Crippen LogP) is 1.50. The van der Waals surface area contributed by atoms with E-state index in [2.05, 4.69) is 0 Å². The zero-order chi connectivity index (χ0) is 8.10. The summed E-state index contributed by atoms with van der Waals surface area (Å²) in [6, 6.07) is 0.